The van der Waals surface area contributed by atoms with Crippen LogP contribution in [0.25, 0.3) is 0 Å². The fourth-order valence-electron chi connectivity index (χ4n) is 2.56. The summed E-state index contributed by atoms with van der Waals surface area (Å²) in [6, 6.07) is 4.00. The number of hydrogen-bond donors (Lipinski definition) is 3. The minimum Gasteiger partial charge on any atom is -0.478 e. The van der Waals surface area contributed by atoms with Crippen molar-refractivity contribution >= 4 is 27.6 Å². The number of hydrogen-bond acceptors (Lipinski definition) is 5. The van der Waals surface area contributed by atoms with Gasteiger partial charge in [0.05, 0.1) is 17.4 Å². The van der Waals surface area contributed by atoms with Gasteiger partial charge < -0.3 is 16.2 Å². The van der Waals surface area contributed by atoms with Gasteiger partial charge in [-0.15, -0.1) is 0 Å². The standard InChI is InChI=1S/C14H19N3O5S/c1-23(21,22)17-6-4-10(5-7-17)16-12-8-9(14(19)20)2-3-11(12)13(15)18/h2-3,8,10,16H,4-7H2,1H3,(H2,15,18)(H,19,20). The number of carboxylic acids is 1. The van der Waals surface area contributed by atoms with Gasteiger partial charge in [0.2, 0.25) is 10.0 Å². The third kappa shape index (κ3) is 4.20. The SMILES string of the molecule is CS(=O)(=O)N1CCC(Nc2cc(C(=O)O)ccc2C(N)=O)CC1. The number of benzene rings is 1. The van der Waals surface area contributed by atoms with Gasteiger partial charge in [-0.05, 0) is 31.0 Å². The third-order valence-corrected chi connectivity index (χ3v) is 5.12. The van der Waals surface area contributed by atoms with Crippen molar-refractivity contribution in [3.8, 4) is 0 Å². The van der Waals surface area contributed by atoms with Gasteiger partial charge in [-0.1, -0.05) is 0 Å². The molecule has 1 aromatic rings. The van der Waals surface area contributed by atoms with E-state index in [4.69, 9.17) is 10.8 Å². The molecule has 2 rings (SSSR count). The first-order valence-electron chi connectivity index (χ1n) is 7.07. The fraction of sp³-hybridized carbons (Fsp3) is 0.429. The maximum absolute atomic E-state index is 11.5. The zero-order chi connectivity index (χ0) is 17.2. The molecule has 0 unspecified atom stereocenters. The van der Waals surface area contributed by atoms with Crippen molar-refractivity contribution in [2.45, 2.75) is 18.9 Å². The Hall–Kier alpha value is -2.13. The molecular formula is C14H19N3O5S. The molecular weight excluding hydrogens is 322 g/mol. The lowest BCUT2D eigenvalue weighted by atomic mass is 10.0. The van der Waals surface area contributed by atoms with Crippen LogP contribution in [0, 0.1) is 0 Å². The minimum absolute atomic E-state index is 0.0473. The van der Waals surface area contributed by atoms with E-state index < -0.39 is 21.9 Å². The van der Waals surface area contributed by atoms with E-state index in [1.54, 1.807) is 0 Å². The van der Waals surface area contributed by atoms with E-state index >= 15 is 0 Å². The van der Waals surface area contributed by atoms with E-state index in [0.717, 1.165) is 0 Å². The number of carbonyl (C=O) groups is 2. The van der Waals surface area contributed by atoms with Gasteiger partial charge in [0.15, 0.2) is 0 Å². The van der Waals surface area contributed by atoms with E-state index in [2.05, 4.69) is 5.32 Å². The number of nitrogens with two attached hydrogens (primary N) is 1. The highest BCUT2D eigenvalue weighted by Crippen LogP contribution is 2.22. The lowest BCUT2D eigenvalue weighted by Gasteiger charge is -2.31. The molecule has 0 bridgehead atoms. The molecule has 0 aromatic heterocycles. The van der Waals surface area contributed by atoms with Crippen molar-refractivity contribution in [3.05, 3.63) is 29.3 Å². The molecule has 1 amide bonds. The van der Waals surface area contributed by atoms with Gasteiger partial charge in [-0.3, -0.25) is 4.79 Å². The van der Waals surface area contributed by atoms with Crippen LogP contribution in [-0.4, -0.2) is 55.1 Å². The molecule has 1 aromatic carbocycles. The Bertz CT molecular complexity index is 724. The third-order valence-electron chi connectivity index (χ3n) is 3.81. The van der Waals surface area contributed by atoms with E-state index in [9.17, 15) is 18.0 Å². The molecule has 126 valence electrons. The lowest BCUT2D eigenvalue weighted by molar-refractivity contribution is 0.0696. The molecule has 0 atom stereocenters. The summed E-state index contributed by atoms with van der Waals surface area (Å²) in [4.78, 5) is 22.5. The van der Waals surface area contributed by atoms with Gasteiger partial charge in [0, 0.05) is 24.8 Å². The van der Waals surface area contributed by atoms with Crippen molar-refractivity contribution in [1.29, 1.82) is 0 Å². The number of carboxylic acid groups (broad SMARTS) is 1. The lowest BCUT2D eigenvalue weighted by Crippen LogP contribution is -2.42. The van der Waals surface area contributed by atoms with Crippen LogP contribution in [0.3, 0.4) is 0 Å². The molecule has 1 aliphatic rings. The summed E-state index contributed by atoms with van der Waals surface area (Å²) in [5.41, 5.74) is 5.92. The highest BCUT2D eigenvalue weighted by molar-refractivity contribution is 7.88. The second-order valence-corrected chi connectivity index (χ2v) is 7.49. The molecule has 0 spiro atoms. The Morgan fingerprint density at radius 1 is 1.30 bits per heavy atom. The van der Waals surface area contributed by atoms with Crippen molar-refractivity contribution in [3.63, 3.8) is 0 Å². The fourth-order valence-corrected chi connectivity index (χ4v) is 3.44. The van der Waals surface area contributed by atoms with E-state index in [1.807, 2.05) is 0 Å². The summed E-state index contributed by atoms with van der Waals surface area (Å²) >= 11 is 0. The largest absolute Gasteiger partial charge is 0.478 e. The van der Waals surface area contributed by atoms with Crippen LogP contribution < -0.4 is 11.1 Å². The number of piperidine rings is 1. The smallest absolute Gasteiger partial charge is 0.335 e. The average Bonchev–Trinajstić information content (AvgIpc) is 2.46. The van der Waals surface area contributed by atoms with Gasteiger partial charge in [-0.2, -0.15) is 0 Å². The van der Waals surface area contributed by atoms with Crippen molar-refractivity contribution < 1.29 is 23.1 Å². The van der Waals surface area contributed by atoms with Crippen LogP contribution in [0.5, 0.6) is 0 Å². The molecule has 1 saturated heterocycles. The topological polar surface area (TPSA) is 130 Å². The molecule has 1 aliphatic heterocycles. The summed E-state index contributed by atoms with van der Waals surface area (Å²) in [5.74, 6) is -1.76. The Kier molecular flexibility index (Phi) is 4.90. The number of rotatable bonds is 5. The number of primary amides is 1. The van der Waals surface area contributed by atoms with Crippen LogP contribution in [0.15, 0.2) is 18.2 Å². The minimum atomic E-state index is -3.21. The Morgan fingerprint density at radius 2 is 1.91 bits per heavy atom. The molecule has 0 saturated carbocycles. The maximum atomic E-state index is 11.5. The van der Waals surface area contributed by atoms with Gasteiger partial charge in [0.1, 0.15) is 0 Å². The first-order valence-corrected chi connectivity index (χ1v) is 8.92. The second kappa shape index (κ2) is 6.55. The Balaban J connectivity index is 2.15. The number of sulfonamides is 1. The van der Waals surface area contributed by atoms with E-state index in [-0.39, 0.29) is 17.2 Å². The summed E-state index contributed by atoms with van der Waals surface area (Å²) in [6.07, 6.45) is 2.29. The number of carbonyl (C=O) groups excluding carboxylic acids is 1. The Labute approximate surface area is 134 Å². The number of amides is 1. The summed E-state index contributed by atoms with van der Waals surface area (Å²) in [5, 5.41) is 12.2. The number of nitrogens with one attached hydrogen (secondary N) is 1. The summed E-state index contributed by atoms with van der Waals surface area (Å²) in [6.45, 7) is 0.752. The van der Waals surface area contributed by atoms with Crippen LogP contribution in [0.4, 0.5) is 5.69 Å². The average molecular weight is 341 g/mol. The molecule has 9 heteroatoms. The predicted molar refractivity (Wildman–Crippen MR) is 85.0 cm³/mol. The molecule has 8 nitrogen and oxygen atoms in total. The zero-order valence-corrected chi connectivity index (χ0v) is 13.5. The van der Waals surface area contributed by atoms with Gasteiger partial charge >= 0.3 is 5.97 Å². The Morgan fingerprint density at radius 3 is 2.39 bits per heavy atom. The summed E-state index contributed by atoms with van der Waals surface area (Å²) < 4.78 is 24.4. The molecule has 1 heterocycles. The maximum Gasteiger partial charge on any atom is 0.335 e. The summed E-state index contributed by atoms with van der Waals surface area (Å²) in [7, 11) is -3.21. The van der Waals surface area contributed by atoms with Crippen molar-refractivity contribution in [2.75, 3.05) is 24.7 Å². The predicted octanol–water partition coefficient (Wildman–Crippen LogP) is 0.320. The normalized spacial score (nSPS) is 16.9. The van der Waals surface area contributed by atoms with Crippen LogP contribution in [-0.2, 0) is 10.0 Å². The van der Waals surface area contributed by atoms with E-state index in [1.165, 1.54) is 28.8 Å². The van der Waals surface area contributed by atoms with Crippen LogP contribution in [0.2, 0.25) is 0 Å². The van der Waals surface area contributed by atoms with Crippen LogP contribution in [0.1, 0.15) is 33.6 Å². The molecule has 4 N–H and O–H groups in total. The highest BCUT2D eigenvalue weighted by atomic mass is 32.2. The number of aromatic carboxylic acids is 1. The second-order valence-electron chi connectivity index (χ2n) is 5.51. The van der Waals surface area contributed by atoms with Crippen LogP contribution >= 0.6 is 0 Å². The monoisotopic (exact) mass is 341 g/mol. The van der Waals surface area contributed by atoms with Gasteiger partial charge in [0.25, 0.3) is 5.91 Å². The van der Waals surface area contributed by atoms with Gasteiger partial charge in [-0.25, -0.2) is 17.5 Å². The quantitative estimate of drug-likeness (QED) is 0.707. The molecule has 0 radical (unpaired) electrons. The molecule has 0 aliphatic carbocycles. The number of nitrogens with zero attached hydrogens (tertiary/aromatic N) is 1. The zero-order valence-electron chi connectivity index (χ0n) is 12.7. The molecule has 23 heavy (non-hydrogen) atoms. The van der Waals surface area contributed by atoms with E-state index in [0.29, 0.717) is 31.6 Å². The van der Waals surface area contributed by atoms with Crippen molar-refractivity contribution in [1.82, 2.24) is 4.31 Å². The van der Waals surface area contributed by atoms with Crippen molar-refractivity contribution in [2.24, 2.45) is 5.73 Å². The number of anilines is 1. The first-order chi connectivity index (χ1) is 10.7. The molecule has 1 fully saturated rings. The highest BCUT2D eigenvalue weighted by Gasteiger charge is 2.25. The first kappa shape index (κ1) is 17.2.